The number of rotatable bonds is 5. The van der Waals surface area contributed by atoms with Crippen molar-refractivity contribution in [2.24, 2.45) is 0 Å². The SMILES string of the molecule is COc1ccc(C(=O)/C=C/c2ccc3c(c2)C=CC(C)(C)O3)cc1OC. The Balaban J connectivity index is 1.79. The van der Waals surface area contributed by atoms with Crippen molar-refractivity contribution in [2.75, 3.05) is 14.2 Å². The molecule has 0 saturated heterocycles. The summed E-state index contributed by atoms with van der Waals surface area (Å²) >= 11 is 0. The van der Waals surface area contributed by atoms with E-state index >= 15 is 0 Å². The van der Waals surface area contributed by atoms with Gasteiger partial charge < -0.3 is 14.2 Å². The Morgan fingerprint density at radius 1 is 1.04 bits per heavy atom. The minimum atomic E-state index is -0.298. The van der Waals surface area contributed by atoms with Gasteiger partial charge in [0.1, 0.15) is 11.4 Å². The molecule has 134 valence electrons. The normalized spacial score (nSPS) is 14.6. The molecular weight excluding hydrogens is 328 g/mol. The van der Waals surface area contributed by atoms with E-state index in [1.807, 2.05) is 44.2 Å². The number of ether oxygens (including phenoxy) is 3. The first-order valence-electron chi connectivity index (χ1n) is 8.38. The topological polar surface area (TPSA) is 44.8 Å². The summed E-state index contributed by atoms with van der Waals surface area (Å²) in [7, 11) is 3.11. The van der Waals surface area contributed by atoms with E-state index in [9.17, 15) is 4.79 Å². The lowest BCUT2D eigenvalue weighted by Gasteiger charge is -2.27. The molecule has 1 heterocycles. The molecule has 26 heavy (non-hydrogen) atoms. The minimum absolute atomic E-state index is 0.100. The average molecular weight is 350 g/mol. The fraction of sp³-hybridized carbons (Fsp3) is 0.227. The van der Waals surface area contributed by atoms with Crippen molar-refractivity contribution in [2.45, 2.75) is 19.4 Å². The first kappa shape index (κ1) is 17.8. The highest BCUT2D eigenvalue weighted by atomic mass is 16.5. The highest BCUT2D eigenvalue weighted by Crippen LogP contribution is 2.32. The van der Waals surface area contributed by atoms with Crippen molar-refractivity contribution in [3.63, 3.8) is 0 Å². The van der Waals surface area contributed by atoms with E-state index in [-0.39, 0.29) is 11.4 Å². The second-order valence-electron chi connectivity index (χ2n) is 6.60. The number of fused-ring (bicyclic) bond motifs is 1. The lowest BCUT2D eigenvalue weighted by Crippen LogP contribution is -2.27. The first-order chi connectivity index (χ1) is 12.4. The lowest BCUT2D eigenvalue weighted by atomic mass is 10.0. The smallest absolute Gasteiger partial charge is 0.185 e. The second-order valence-corrected chi connectivity index (χ2v) is 6.60. The van der Waals surface area contributed by atoms with Crippen LogP contribution >= 0.6 is 0 Å². The number of carbonyl (C=O) groups is 1. The Morgan fingerprint density at radius 3 is 2.54 bits per heavy atom. The Bertz CT molecular complexity index is 891. The molecule has 2 aromatic rings. The third-order valence-corrected chi connectivity index (χ3v) is 4.17. The van der Waals surface area contributed by atoms with E-state index < -0.39 is 0 Å². The van der Waals surface area contributed by atoms with Gasteiger partial charge in [0, 0.05) is 11.1 Å². The maximum Gasteiger partial charge on any atom is 0.185 e. The molecule has 0 aromatic heterocycles. The summed E-state index contributed by atoms with van der Waals surface area (Å²) in [6.45, 7) is 4.03. The number of hydrogen-bond donors (Lipinski definition) is 0. The lowest BCUT2D eigenvalue weighted by molar-refractivity contribution is 0.104. The van der Waals surface area contributed by atoms with E-state index in [1.165, 1.54) is 0 Å². The summed E-state index contributed by atoms with van der Waals surface area (Å²) in [5, 5.41) is 0. The predicted molar refractivity (Wildman–Crippen MR) is 103 cm³/mol. The highest BCUT2D eigenvalue weighted by Gasteiger charge is 2.21. The first-order valence-corrected chi connectivity index (χ1v) is 8.38. The van der Waals surface area contributed by atoms with Crippen LogP contribution in [0.25, 0.3) is 12.2 Å². The summed E-state index contributed by atoms with van der Waals surface area (Å²) < 4.78 is 16.4. The number of carbonyl (C=O) groups excluding carboxylic acids is 1. The molecule has 0 aliphatic carbocycles. The summed E-state index contributed by atoms with van der Waals surface area (Å²) in [5.41, 5.74) is 2.19. The van der Waals surface area contributed by atoms with E-state index in [1.54, 1.807) is 44.6 Å². The van der Waals surface area contributed by atoms with Gasteiger partial charge in [-0.3, -0.25) is 4.79 Å². The molecule has 1 aliphatic heterocycles. The number of hydrogen-bond acceptors (Lipinski definition) is 4. The molecule has 3 rings (SSSR count). The van der Waals surface area contributed by atoms with Crippen molar-refractivity contribution >= 4 is 17.9 Å². The van der Waals surface area contributed by atoms with Crippen molar-refractivity contribution in [1.29, 1.82) is 0 Å². The Kier molecular flexibility index (Phi) is 4.85. The summed E-state index contributed by atoms with van der Waals surface area (Å²) in [5.74, 6) is 1.88. The quantitative estimate of drug-likeness (QED) is 0.575. The van der Waals surface area contributed by atoms with Gasteiger partial charge in [-0.15, -0.1) is 0 Å². The Hall–Kier alpha value is -3.01. The molecule has 1 aliphatic rings. The van der Waals surface area contributed by atoms with Crippen LogP contribution in [0.1, 0.15) is 35.3 Å². The minimum Gasteiger partial charge on any atom is -0.493 e. The van der Waals surface area contributed by atoms with Crippen LogP contribution in [0, 0.1) is 0 Å². The zero-order valence-corrected chi connectivity index (χ0v) is 15.4. The molecule has 0 N–H and O–H groups in total. The summed E-state index contributed by atoms with van der Waals surface area (Å²) in [6, 6.07) is 11.0. The van der Waals surface area contributed by atoms with Crippen LogP contribution < -0.4 is 14.2 Å². The molecule has 4 heteroatoms. The van der Waals surface area contributed by atoms with Crippen LogP contribution in [-0.2, 0) is 0 Å². The molecule has 2 aromatic carbocycles. The molecule has 4 nitrogen and oxygen atoms in total. The van der Waals surface area contributed by atoms with Crippen LogP contribution in [0.3, 0.4) is 0 Å². The molecule has 0 atom stereocenters. The summed E-state index contributed by atoms with van der Waals surface area (Å²) in [4.78, 5) is 12.4. The predicted octanol–water partition coefficient (Wildman–Crippen LogP) is 4.78. The second kappa shape index (κ2) is 7.08. The molecule has 0 radical (unpaired) electrons. The van der Waals surface area contributed by atoms with Gasteiger partial charge >= 0.3 is 0 Å². The standard InChI is InChI=1S/C22H22O4/c1-22(2)12-11-17-13-15(6-9-19(17)26-22)5-8-18(23)16-7-10-20(24-3)21(14-16)25-4/h5-14H,1-4H3/b8-5+. The van der Waals surface area contributed by atoms with E-state index in [0.717, 1.165) is 16.9 Å². The van der Waals surface area contributed by atoms with Crippen molar-refractivity contribution in [1.82, 2.24) is 0 Å². The van der Waals surface area contributed by atoms with Crippen molar-refractivity contribution in [3.05, 3.63) is 65.2 Å². The van der Waals surface area contributed by atoms with Crippen LogP contribution in [0.5, 0.6) is 17.2 Å². The Morgan fingerprint density at radius 2 is 1.81 bits per heavy atom. The van der Waals surface area contributed by atoms with Crippen LogP contribution in [0.15, 0.2) is 48.6 Å². The maximum atomic E-state index is 12.4. The van der Waals surface area contributed by atoms with E-state index in [0.29, 0.717) is 17.1 Å². The molecular formula is C22H22O4. The van der Waals surface area contributed by atoms with E-state index in [2.05, 4.69) is 0 Å². The number of allylic oxidation sites excluding steroid dienone is 1. The number of methoxy groups -OCH3 is 2. The van der Waals surface area contributed by atoms with Crippen LogP contribution in [0.2, 0.25) is 0 Å². The molecule has 0 amide bonds. The van der Waals surface area contributed by atoms with Gasteiger partial charge in [0.2, 0.25) is 0 Å². The third kappa shape index (κ3) is 3.80. The van der Waals surface area contributed by atoms with Crippen LogP contribution in [0.4, 0.5) is 0 Å². The zero-order chi connectivity index (χ0) is 18.7. The molecule has 0 unspecified atom stereocenters. The van der Waals surface area contributed by atoms with Gasteiger partial charge in [0.25, 0.3) is 0 Å². The largest absolute Gasteiger partial charge is 0.493 e. The summed E-state index contributed by atoms with van der Waals surface area (Å²) in [6.07, 6.45) is 7.43. The molecule has 0 saturated carbocycles. The average Bonchev–Trinajstić information content (AvgIpc) is 2.64. The Labute approximate surface area is 153 Å². The maximum absolute atomic E-state index is 12.4. The fourth-order valence-corrected chi connectivity index (χ4v) is 2.76. The van der Waals surface area contributed by atoms with Crippen molar-refractivity contribution < 1.29 is 19.0 Å². The van der Waals surface area contributed by atoms with Gasteiger partial charge in [0.05, 0.1) is 14.2 Å². The van der Waals surface area contributed by atoms with Crippen molar-refractivity contribution in [3.8, 4) is 17.2 Å². The van der Waals surface area contributed by atoms with Gasteiger partial charge in [-0.2, -0.15) is 0 Å². The van der Waals surface area contributed by atoms with Crippen LogP contribution in [-0.4, -0.2) is 25.6 Å². The fourth-order valence-electron chi connectivity index (χ4n) is 2.76. The molecule has 0 spiro atoms. The number of ketones is 1. The third-order valence-electron chi connectivity index (χ3n) is 4.17. The van der Waals surface area contributed by atoms with Gasteiger partial charge in [-0.25, -0.2) is 0 Å². The molecule has 0 bridgehead atoms. The monoisotopic (exact) mass is 350 g/mol. The van der Waals surface area contributed by atoms with E-state index in [4.69, 9.17) is 14.2 Å². The highest BCUT2D eigenvalue weighted by molar-refractivity contribution is 6.07. The molecule has 0 fully saturated rings. The number of benzene rings is 2. The van der Waals surface area contributed by atoms with Gasteiger partial charge in [0.15, 0.2) is 17.3 Å². The zero-order valence-electron chi connectivity index (χ0n) is 15.4. The van der Waals surface area contributed by atoms with Gasteiger partial charge in [-0.1, -0.05) is 18.2 Å². The van der Waals surface area contributed by atoms with Gasteiger partial charge in [-0.05, 0) is 61.9 Å².